The molecule has 3 aromatic rings. The Hall–Kier alpha value is -3.22. The largest absolute Gasteiger partial charge is 0.478 e. The Kier molecular flexibility index (Phi) is 7.29. The van der Waals surface area contributed by atoms with E-state index in [1.165, 1.54) is 9.13 Å². The van der Waals surface area contributed by atoms with Crippen molar-refractivity contribution >= 4 is 5.97 Å². The first-order valence-electron chi connectivity index (χ1n) is 12.0. The van der Waals surface area contributed by atoms with Crippen molar-refractivity contribution in [1.29, 1.82) is 0 Å². The van der Waals surface area contributed by atoms with Crippen molar-refractivity contribution in [2.75, 3.05) is 0 Å². The number of halogens is 2. The first-order chi connectivity index (χ1) is 16.4. The summed E-state index contributed by atoms with van der Waals surface area (Å²) in [5.41, 5.74) is 2.32. The summed E-state index contributed by atoms with van der Waals surface area (Å²) in [5.74, 6) is -1.00. The van der Waals surface area contributed by atoms with Gasteiger partial charge in [-0.1, -0.05) is 75.1 Å². The molecule has 1 fully saturated rings. The molecule has 0 spiro atoms. The number of carboxylic acids is 1. The van der Waals surface area contributed by atoms with Crippen LogP contribution in [0.3, 0.4) is 0 Å². The highest BCUT2D eigenvalue weighted by Crippen LogP contribution is 2.33. The Morgan fingerprint density at radius 3 is 2.35 bits per heavy atom. The topological polar surface area (TPSA) is 64.2 Å². The van der Waals surface area contributed by atoms with E-state index < -0.39 is 12.4 Å². The predicted octanol–water partition coefficient (Wildman–Crippen LogP) is 6.46. The molecular weight excluding hydrogens is 438 g/mol. The zero-order chi connectivity index (χ0) is 24.2. The van der Waals surface area contributed by atoms with Crippen LogP contribution in [-0.4, -0.2) is 20.2 Å². The fourth-order valence-corrected chi connectivity index (χ4v) is 5.11. The summed E-state index contributed by atoms with van der Waals surface area (Å²) < 4.78 is 31.3. The lowest BCUT2D eigenvalue weighted by atomic mass is 9.95. The number of imidazole rings is 1. The molecule has 0 bridgehead atoms. The van der Waals surface area contributed by atoms with Crippen molar-refractivity contribution in [2.24, 2.45) is 0 Å². The van der Waals surface area contributed by atoms with Crippen LogP contribution in [-0.2, 0) is 13.0 Å². The van der Waals surface area contributed by atoms with Crippen molar-refractivity contribution in [3.05, 3.63) is 81.5 Å². The van der Waals surface area contributed by atoms with Crippen molar-refractivity contribution in [1.82, 2.24) is 9.13 Å². The van der Waals surface area contributed by atoms with E-state index in [9.17, 15) is 23.5 Å². The van der Waals surface area contributed by atoms with Gasteiger partial charge in [-0.3, -0.25) is 9.13 Å². The van der Waals surface area contributed by atoms with Crippen molar-refractivity contribution in [3.63, 3.8) is 0 Å². The number of carboxylic acid groups (broad SMARTS) is 1. The van der Waals surface area contributed by atoms with Gasteiger partial charge in [-0.15, -0.1) is 0 Å². The van der Waals surface area contributed by atoms with Gasteiger partial charge in [0.05, 0.1) is 12.1 Å². The molecule has 34 heavy (non-hydrogen) atoms. The molecule has 2 aromatic carbocycles. The van der Waals surface area contributed by atoms with Crippen LogP contribution in [0.15, 0.2) is 53.3 Å². The molecular formula is C27H30F2N2O3. The molecule has 7 heteroatoms. The lowest BCUT2D eigenvalue weighted by Gasteiger charge is -2.24. The highest BCUT2D eigenvalue weighted by Gasteiger charge is 2.30. The van der Waals surface area contributed by atoms with Gasteiger partial charge < -0.3 is 5.11 Å². The Morgan fingerprint density at radius 1 is 1.06 bits per heavy atom. The SMILES string of the molecule is CCCc1c(C(F)F)n(C2CCCCC2)c(=O)n1Cc1ccc(-c2ccccc2C(=O)O)cc1. The average Bonchev–Trinajstić information content (AvgIpc) is 3.12. The van der Waals surface area contributed by atoms with E-state index >= 15 is 0 Å². The monoisotopic (exact) mass is 468 g/mol. The van der Waals surface area contributed by atoms with Crippen molar-refractivity contribution in [3.8, 4) is 11.1 Å². The smallest absolute Gasteiger partial charge is 0.336 e. The van der Waals surface area contributed by atoms with Gasteiger partial charge in [0.25, 0.3) is 6.43 Å². The Labute approximate surface area is 197 Å². The molecule has 0 amide bonds. The number of alkyl halides is 2. The fraction of sp³-hybridized carbons (Fsp3) is 0.407. The maximum absolute atomic E-state index is 14.2. The summed E-state index contributed by atoms with van der Waals surface area (Å²) in [7, 11) is 0. The van der Waals surface area contributed by atoms with E-state index in [1.807, 2.05) is 31.2 Å². The van der Waals surface area contributed by atoms with Crippen LogP contribution >= 0.6 is 0 Å². The van der Waals surface area contributed by atoms with Gasteiger partial charge in [0, 0.05) is 11.7 Å². The van der Waals surface area contributed by atoms with Crippen LogP contribution in [0.25, 0.3) is 11.1 Å². The van der Waals surface area contributed by atoms with Gasteiger partial charge in [-0.05, 0) is 42.0 Å². The third-order valence-electron chi connectivity index (χ3n) is 6.71. The molecule has 4 rings (SSSR count). The van der Waals surface area contributed by atoms with Crippen LogP contribution in [0.1, 0.15) is 85.2 Å². The number of benzene rings is 2. The predicted molar refractivity (Wildman–Crippen MR) is 128 cm³/mol. The second kappa shape index (κ2) is 10.4. The second-order valence-corrected chi connectivity index (χ2v) is 8.96. The lowest BCUT2D eigenvalue weighted by Crippen LogP contribution is -2.30. The highest BCUT2D eigenvalue weighted by atomic mass is 19.3. The normalized spacial score (nSPS) is 14.6. The highest BCUT2D eigenvalue weighted by molar-refractivity contribution is 5.95. The molecule has 1 heterocycles. The number of carbonyl (C=O) groups is 1. The molecule has 1 aromatic heterocycles. The molecule has 0 atom stereocenters. The fourth-order valence-electron chi connectivity index (χ4n) is 5.11. The van der Waals surface area contributed by atoms with Gasteiger partial charge >= 0.3 is 11.7 Å². The summed E-state index contributed by atoms with van der Waals surface area (Å²) in [6.45, 7) is 2.13. The van der Waals surface area contributed by atoms with Crippen LogP contribution in [0.2, 0.25) is 0 Å². The summed E-state index contributed by atoms with van der Waals surface area (Å²) in [6, 6.07) is 13.9. The van der Waals surface area contributed by atoms with E-state index in [2.05, 4.69) is 0 Å². The minimum atomic E-state index is -2.70. The van der Waals surface area contributed by atoms with E-state index in [-0.39, 0.29) is 29.5 Å². The van der Waals surface area contributed by atoms with E-state index in [0.29, 0.717) is 24.1 Å². The van der Waals surface area contributed by atoms with Crippen molar-refractivity contribution < 1.29 is 18.7 Å². The third kappa shape index (κ3) is 4.69. The molecule has 1 aliphatic rings. The summed E-state index contributed by atoms with van der Waals surface area (Å²) in [4.78, 5) is 25.0. The Morgan fingerprint density at radius 2 is 1.74 bits per heavy atom. The third-order valence-corrected chi connectivity index (χ3v) is 6.71. The number of aromatic carboxylic acids is 1. The number of hydrogen-bond donors (Lipinski definition) is 1. The molecule has 180 valence electrons. The summed E-state index contributed by atoms with van der Waals surface area (Å²) in [6.07, 6.45) is 2.87. The van der Waals surface area contributed by atoms with E-state index in [4.69, 9.17) is 0 Å². The average molecular weight is 469 g/mol. The molecule has 5 nitrogen and oxygen atoms in total. The lowest BCUT2D eigenvalue weighted by molar-refractivity contribution is 0.0697. The van der Waals surface area contributed by atoms with Gasteiger partial charge in [-0.2, -0.15) is 0 Å². The molecule has 1 N–H and O–H groups in total. The van der Waals surface area contributed by atoms with Gasteiger partial charge in [0.15, 0.2) is 0 Å². The number of rotatable bonds is 8. The first kappa shape index (κ1) is 23.9. The molecule has 0 radical (unpaired) electrons. The Balaban J connectivity index is 1.71. The van der Waals surface area contributed by atoms with Crippen LogP contribution in [0, 0.1) is 0 Å². The Bertz CT molecular complexity index is 1210. The van der Waals surface area contributed by atoms with E-state index in [0.717, 1.165) is 43.2 Å². The van der Waals surface area contributed by atoms with Gasteiger partial charge in [0.2, 0.25) is 0 Å². The molecule has 0 saturated heterocycles. The standard InChI is InChI=1S/C27H30F2N2O3/c1-2-8-23-24(25(28)29)31(20-9-4-3-5-10-20)27(34)30(23)17-18-13-15-19(16-14-18)21-11-6-7-12-22(21)26(32)33/h6-7,11-16,20,25H,2-5,8-10,17H2,1H3,(H,32,33). The minimum absolute atomic E-state index is 0.120. The van der Waals surface area contributed by atoms with Crippen LogP contribution in [0.4, 0.5) is 8.78 Å². The maximum atomic E-state index is 14.2. The van der Waals surface area contributed by atoms with Crippen LogP contribution in [0.5, 0.6) is 0 Å². The summed E-state index contributed by atoms with van der Waals surface area (Å²) >= 11 is 0. The zero-order valence-corrected chi connectivity index (χ0v) is 19.3. The zero-order valence-electron chi connectivity index (χ0n) is 19.3. The molecule has 0 unspecified atom stereocenters. The molecule has 0 aliphatic heterocycles. The van der Waals surface area contributed by atoms with Crippen LogP contribution < -0.4 is 5.69 Å². The van der Waals surface area contributed by atoms with E-state index in [1.54, 1.807) is 24.3 Å². The second-order valence-electron chi connectivity index (χ2n) is 8.96. The minimum Gasteiger partial charge on any atom is -0.478 e. The van der Waals surface area contributed by atoms with Crippen molar-refractivity contribution in [2.45, 2.75) is 70.9 Å². The number of nitrogens with zero attached hydrogens (tertiary/aromatic N) is 2. The quantitative estimate of drug-likeness (QED) is 0.413. The number of hydrogen-bond acceptors (Lipinski definition) is 2. The van der Waals surface area contributed by atoms with Gasteiger partial charge in [0.1, 0.15) is 5.69 Å². The first-order valence-corrected chi connectivity index (χ1v) is 12.0. The molecule has 1 saturated carbocycles. The molecule has 1 aliphatic carbocycles. The summed E-state index contributed by atoms with van der Waals surface area (Å²) in [5, 5.41) is 9.47. The maximum Gasteiger partial charge on any atom is 0.336 e. The van der Waals surface area contributed by atoms with Gasteiger partial charge in [-0.25, -0.2) is 18.4 Å². The number of aromatic nitrogens is 2.